The summed E-state index contributed by atoms with van der Waals surface area (Å²) in [5.41, 5.74) is 0.812. The number of hydrogen-bond donors (Lipinski definition) is 3. The molecule has 1 fully saturated rings. The Balaban J connectivity index is 0.000000642. The number of aromatic hydroxyl groups is 2. The van der Waals surface area contributed by atoms with Crippen molar-refractivity contribution in [2.24, 2.45) is 5.92 Å². The summed E-state index contributed by atoms with van der Waals surface area (Å²) in [6.45, 7) is 15.0. The Bertz CT molecular complexity index is 652. The Hall–Kier alpha value is -1.82. The van der Waals surface area contributed by atoms with E-state index in [4.69, 9.17) is 5.11 Å². The van der Waals surface area contributed by atoms with E-state index in [1.54, 1.807) is 12.1 Å². The lowest BCUT2D eigenvalue weighted by Gasteiger charge is -2.39. The van der Waals surface area contributed by atoms with Crippen LogP contribution in [-0.4, -0.2) is 52.0 Å². The fraction of sp³-hybridized carbons (Fsp3) is 0.759. The van der Waals surface area contributed by atoms with Gasteiger partial charge in [0.25, 0.3) is 0 Å². The van der Waals surface area contributed by atoms with E-state index in [1.807, 2.05) is 0 Å². The second-order valence-electron chi connectivity index (χ2n) is 10.3. The van der Waals surface area contributed by atoms with Crippen LogP contribution in [0.3, 0.4) is 0 Å². The molecular formula is C29H52FNO4. The Morgan fingerprint density at radius 1 is 0.800 bits per heavy atom. The number of aliphatic carboxylic acids is 1. The summed E-state index contributed by atoms with van der Waals surface area (Å²) in [5, 5.41) is 27.9. The standard InChI is InChI=1S/C16H36N.C13H16O4.FH/c1-5-9-13-17(14-10-6-2,15-11-7-3)16-12-8-4;14-10-5-6-11(12(15)7-10)8-1-3-9(4-2-8)13(16)17;/h5-16H2,1-4H3;5-9,14-15H,1-4H2,(H,16,17);1H/q+1;;/p-1. The number of carboxylic acid groups (broad SMARTS) is 1. The normalized spacial score (nSPS) is 17.7. The van der Waals surface area contributed by atoms with Crippen LogP contribution in [0.15, 0.2) is 18.2 Å². The number of carboxylic acids is 1. The smallest absolute Gasteiger partial charge is 0.306 e. The molecule has 0 radical (unpaired) electrons. The molecule has 0 aromatic heterocycles. The molecule has 1 aromatic rings. The summed E-state index contributed by atoms with van der Waals surface area (Å²) in [4.78, 5) is 10.8. The summed E-state index contributed by atoms with van der Waals surface area (Å²) in [6.07, 6.45) is 13.9. The van der Waals surface area contributed by atoms with Crippen LogP contribution in [0.4, 0.5) is 0 Å². The van der Waals surface area contributed by atoms with Crippen LogP contribution in [-0.2, 0) is 4.79 Å². The third-order valence-corrected chi connectivity index (χ3v) is 7.47. The molecule has 6 heteroatoms. The van der Waals surface area contributed by atoms with Crippen LogP contribution >= 0.6 is 0 Å². The molecule has 0 aliphatic heterocycles. The van der Waals surface area contributed by atoms with Crippen molar-refractivity contribution >= 4 is 5.97 Å². The van der Waals surface area contributed by atoms with E-state index in [0.29, 0.717) is 12.8 Å². The molecule has 0 amide bonds. The predicted octanol–water partition coefficient (Wildman–Crippen LogP) is 4.46. The topological polar surface area (TPSA) is 77.8 Å². The number of quaternary nitrogens is 1. The number of carbonyl (C=O) groups is 1. The average molecular weight is 498 g/mol. The first-order chi connectivity index (χ1) is 16.3. The number of rotatable bonds is 14. The van der Waals surface area contributed by atoms with Crippen molar-refractivity contribution in [3.05, 3.63) is 23.8 Å². The monoisotopic (exact) mass is 497 g/mol. The maximum absolute atomic E-state index is 10.8. The van der Waals surface area contributed by atoms with Gasteiger partial charge in [-0.05, 0) is 68.9 Å². The van der Waals surface area contributed by atoms with Gasteiger partial charge in [0, 0.05) is 6.07 Å². The van der Waals surface area contributed by atoms with Gasteiger partial charge in [-0.25, -0.2) is 0 Å². The number of halogens is 1. The zero-order valence-electron chi connectivity index (χ0n) is 22.8. The zero-order chi connectivity index (χ0) is 25.4. The van der Waals surface area contributed by atoms with Crippen LogP contribution < -0.4 is 4.70 Å². The highest BCUT2D eigenvalue weighted by Gasteiger charge is 2.28. The highest BCUT2D eigenvalue weighted by atomic mass is 19.0. The molecule has 0 saturated heterocycles. The number of phenols is 2. The Labute approximate surface area is 213 Å². The molecule has 1 saturated carbocycles. The van der Waals surface area contributed by atoms with Crippen molar-refractivity contribution in [1.82, 2.24) is 0 Å². The third-order valence-electron chi connectivity index (χ3n) is 7.47. The molecule has 0 bridgehead atoms. The van der Waals surface area contributed by atoms with Gasteiger partial charge in [-0.2, -0.15) is 0 Å². The van der Waals surface area contributed by atoms with E-state index >= 15 is 0 Å². The molecule has 1 aliphatic carbocycles. The van der Waals surface area contributed by atoms with Crippen LogP contribution in [0.25, 0.3) is 0 Å². The van der Waals surface area contributed by atoms with Crippen molar-refractivity contribution in [2.75, 3.05) is 26.2 Å². The van der Waals surface area contributed by atoms with Gasteiger partial charge >= 0.3 is 5.97 Å². The molecule has 1 aliphatic rings. The van der Waals surface area contributed by atoms with Gasteiger partial charge < -0.3 is 24.5 Å². The van der Waals surface area contributed by atoms with E-state index in [9.17, 15) is 15.0 Å². The van der Waals surface area contributed by atoms with Crippen molar-refractivity contribution in [1.29, 1.82) is 0 Å². The summed E-state index contributed by atoms with van der Waals surface area (Å²) < 4.78 is 1.42. The quantitative estimate of drug-likeness (QED) is 0.332. The minimum Gasteiger partial charge on any atom is -1.00 e. The first kappa shape index (κ1) is 33.2. The third kappa shape index (κ3) is 12.1. The van der Waals surface area contributed by atoms with Crippen molar-refractivity contribution in [2.45, 2.75) is 111 Å². The highest BCUT2D eigenvalue weighted by Crippen LogP contribution is 2.40. The molecule has 0 spiro atoms. The van der Waals surface area contributed by atoms with Gasteiger partial charge in [0.2, 0.25) is 0 Å². The first-order valence-electron chi connectivity index (χ1n) is 13.9. The summed E-state index contributed by atoms with van der Waals surface area (Å²) >= 11 is 0. The maximum Gasteiger partial charge on any atom is 0.306 e. The molecule has 0 atom stereocenters. The Kier molecular flexibility index (Phi) is 17.5. The first-order valence-corrected chi connectivity index (χ1v) is 13.9. The van der Waals surface area contributed by atoms with E-state index < -0.39 is 5.97 Å². The lowest BCUT2D eigenvalue weighted by molar-refractivity contribution is -0.929. The minimum absolute atomic E-state index is 0. The van der Waals surface area contributed by atoms with Crippen LogP contribution in [0.1, 0.15) is 116 Å². The Morgan fingerprint density at radius 3 is 1.57 bits per heavy atom. The molecule has 1 aromatic carbocycles. The number of hydrogen-bond acceptors (Lipinski definition) is 3. The molecular weight excluding hydrogens is 445 g/mol. The minimum atomic E-state index is -0.724. The lowest BCUT2D eigenvalue weighted by Crippen LogP contribution is -3.00. The van der Waals surface area contributed by atoms with Gasteiger partial charge in [-0.15, -0.1) is 0 Å². The summed E-state index contributed by atoms with van der Waals surface area (Å²) in [6, 6.07) is 4.60. The zero-order valence-corrected chi connectivity index (χ0v) is 22.8. The number of nitrogens with zero attached hydrogens (tertiary/aromatic N) is 1. The fourth-order valence-corrected chi connectivity index (χ4v) is 5.17. The van der Waals surface area contributed by atoms with Gasteiger partial charge in [0.1, 0.15) is 11.5 Å². The molecule has 5 nitrogen and oxygen atoms in total. The summed E-state index contributed by atoms with van der Waals surface area (Å²) in [5.74, 6) is -0.621. The molecule has 3 N–H and O–H groups in total. The molecule has 204 valence electrons. The second kappa shape index (κ2) is 18.4. The van der Waals surface area contributed by atoms with E-state index in [1.165, 1.54) is 88.1 Å². The number of unbranched alkanes of at least 4 members (excludes halogenated alkanes) is 4. The number of phenolic OH excluding ortho intramolecular Hbond substituents is 2. The number of benzene rings is 1. The highest BCUT2D eigenvalue weighted by molar-refractivity contribution is 5.70. The Morgan fingerprint density at radius 2 is 1.23 bits per heavy atom. The average Bonchev–Trinajstić information content (AvgIpc) is 2.83. The van der Waals surface area contributed by atoms with Crippen molar-refractivity contribution in [3.63, 3.8) is 0 Å². The van der Waals surface area contributed by atoms with Gasteiger partial charge in [0.05, 0.1) is 32.1 Å². The van der Waals surface area contributed by atoms with Gasteiger partial charge in [-0.1, -0.05) is 59.4 Å². The molecule has 2 rings (SSSR count). The van der Waals surface area contributed by atoms with E-state index in [0.717, 1.165) is 18.4 Å². The predicted molar refractivity (Wildman–Crippen MR) is 141 cm³/mol. The van der Waals surface area contributed by atoms with Crippen LogP contribution in [0.2, 0.25) is 0 Å². The molecule has 0 unspecified atom stereocenters. The largest absolute Gasteiger partial charge is 1.00 e. The van der Waals surface area contributed by atoms with Gasteiger partial charge in [0.15, 0.2) is 0 Å². The van der Waals surface area contributed by atoms with E-state index in [-0.39, 0.29) is 28.0 Å². The van der Waals surface area contributed by atoms with E-state index in [2.05, 4.69) is 27.7 Å². The van der Waals surface area contributed by atoms with Gasteiger partial charge in [-0.3, -0.25) is 4.79 Å². The lowest BCUT2D eigenvalue weighted by atomic mass is 9.78. The maximum atomic E-state index is 10.8. The van der Waals surface area contributed by atoms with Crippen molar-refractivity contribution < 1.29 is 29.3 Å². The molecule has 0 heterocycles. The SMILES string of the molecule is CCCC[N+](CCCC)(CCCC)CCCC.O=C(O)C1CCC(c2ccc(O)cc2O)CC1.[F-]. The van der Waals surface area contributed by atoms with Crippen molar-refractivity contribution in [3.8, 4) is 11.5 Å². The van der Waals surface area contributed by atoms with Crippen LogP contribution in [0.5, 0.6) is 11.5 Å². The fourth-order valence-electron chi connectivity index (χ4n) is 5.17. The molecule has 35 heavy (non-hydrogen) atoms. The summed E-state index contributed by atoms with van der Waals surface area (Å²) in [7, 11) is 0. The second-order valence-corrected chi connectivity index (χ2v) is 10.3. The van der Waals surface area contributed by atoms with Crippen LogP contribution in [0, 0.1) is 5.92 Å².